The Balaban J connectivity index is 2.24. The van der Waals surface area contributed by atoms with Crippen molar-refractivity contribution in [3.8, 4) is 5.75 Å². The van der Waals surface area contributed by atoms with Crippen LogP contribution >= 0.6 is 12.2 Å². The Morgan fingerprint density at radius 2 is 2.12 bits per heavy atom. The maximum absolute atomic E-state index is 5.45. The number of anilines is 2. The van der Waals surface area contributed by atoms with E-state index in [-0.39, 0.29) is 5.11 Å². The molecule has 17 heavy (non-hydrogen) atoms. The largest absolute Gasteiger partial charge is 0.495 e. The van der Waals surface area contributed by atoms with Crippen LogP contribution in [0.3, 0.4) is 0 Å². The van der Waals surface area contributed by atoms with Crippen LogP contribution in [0.25, 0.3) is 0 Å². The van der Waals surface area contributed by atoms with Crippen molar-refractivity contribution in [2.45, 2.75) is 12.8 Å². The number of methoxy groups -OCH3 is 1. The minimum Gasteiger partial charge on any atom is -0.495 e. The topological polar surface area (TPSA) is 50.5 Å². The highest BCUT2D eigenvalue weighted by atomic mass is 32.1. The molecular formula is C12H17N3OS. The van der Waals surface area contributed by atoms with E-state index in [1.165, 1.54) is 12.8 Å². The monoisotopic (exact) mass is 251 g/mol. The zero-order valence-electron chi connectivity index (χ0n) is 9.90. The minimum absolute atomic E-state index is 0.265. The molecule has 0 radical (unpaired) electrons. The fourth-order valence-corrected chi connectivity index (χ4v) is 2.23. The van der Waals surface area contributed by atoms with Crippen molar-refractivity contribution in [2.75, 3.05) is 30.4 Å². The van der Waals surface area contributed by atoms with Crippen LogP contribution in [-0.4, -0.2) is 25.3 Å². The second-order valence-electron chi connectivity index (χ2n) is 4.07. The highest BCUT2D eigenvalue weighted by molar-refractivity contribution is 7.80. The van der Waals surface area contributed by atoms with Gasteiger partial charge in [-0.2, -0.15) is 0 Å². The summed E-state index contributed by atoms with van der Waals surface area (Å²) >= 11 is 4.81. The Kier molecular flexibility index (Phi) is 3.68. The van der Waals surface area contributed by atoms with E-state index in [1.54, 1.807) is 7.11 Å². The van der Waals surface area contributed by atoms with Crippen molar-refractivity contribution >= 4 is 28.7 Å². The van der Waals surface area contributed by atoms with Gasteiger partial charge in [-0.15, -0.1) is 0 Å². The lowest BCUT2D eigenvalue weighted by molar-refractivity contribution is 0.415. The molecule has 1 aliphatic heterocycles. The highest BCUT2D eigenvalue weighted by Crippen LogP contribution is 2.33. The van der Waals surface area contributed by atoms with Gasteiger partial charge in [0.1, 0.15) is 5.75 Å². The lowest BCUT2D eigenvalue weighted by Gasteiger charge is -2.21. The van der Waals surface area contributed by atoms with Crippen LogP contribution in [-0.2, 0) is 0 Å². The zero-order valence-corrected chi connectivity index (χ0v) is 10.7. The summed E-state index contributed by atoms with van der Waals surface area (Å²) in [5.41, 5.74) is 7.44. The molecule has 0 saturated carbocycles. The molecule has 1 aliphatic rings. The van der Waals surface area contributed by atoms with E-state index < -0.39 is 0 Å². The Labute approximate surface area is 107 Å². The van der Waals surface area contributed by atoms with E-state index in [4.69, 9.17) is 22.7 Å². The normalized spacial score (nSPS) is 14.8. The van der Waals surface area contributed by atoms with E-state index in [0.29, 0.717) is 0 Å². The molecule has 0 atom stereocenters. The number of nitrogens with zero attached hydrogens (tertiary/aromatic N) is 1. The summed E-state index contributed by atoms with van der Waals surface area (Å²) in [6, 6.07) is 5.94. The third-order valence-electron chi connectivity index (χ3n) is 2.89. The first kappa shape index (κ1) is 12.0. The van der Waals surface area contributed by atoms with Crippen molar-refractivity contribution < 1.29 is 4.74 Å². The van der Waals surface area contributed by atoms with Gasteiger partial charge in [-0.3, -0.25) is 0 Å². The van der Waals surface area contributed by atoms with E-state index in [2.05, 4.69) is 10.2 Å². The van der Waals surface area contributed by atoms with Crippen molar-refractivity contribution in [2.24, 2.45) is 5.73 Å². The molecule has 1 heterocycles. The summed E-state index contributed by atoms with van der Waals surface area (Å²) in [5.74, 6) is 0.855. The Morgan fingerprint density at radius 3 is 2.71 bits per heavy atom. The average Bonchev–Trinajstić information content (AvgIpc) is 2.81. The van der Waals surface area contributed by atoms with Crippen molar-refractivity contribution in [1.82, 2.24) is 0 Å². The quantitative estimate of drug-likeness (QED) is 0.804. The number of ether oxygens (including phenoxy) is 1. The summed E-state index contributed by atoms with van der Waals surface area (Å²) < 4.78 is 5.41. The molecule has 0 unspecified atom stereocenters. The number of hydrogen-bond donors (Lipinski definition) is 2. The average molecular weight is 251 g/mol. The standard InChI is InChI=1S/C12H17N3OS/c1-16-11-8-9(14-12(13)17)4-5-10(11)15-6-2-3-7-15/h4-5,8H,2-3,6-7H2,1H3,(H3,13,14,17). The van der Waals surface area contributed by atoms with Crippen LogP contribution in [0.4, 0.5) is 11.4 Å². The molecule has 0 spiro atoms. The van der Waals surface area contributed by atoms with Gasteiger partial charge in [0.2, 0.25) is 0 Å². The maximum Gasteiger partial charge on any atom is 0.168 e. The van der Waals surface area contributed by atoms with Gasteiger partial charge in [-0.1, -0.05) is 0 Å². The first-order chi connectivity index (χ1) is 8.20. The second-order valence-corrected chi connectivity index (χ2v) is 4.51. The van der Waals surface area contributed by atoms with Gasteiger partial charge in [0.05, 0.1) is 12.8 Å². The van der Waals surface area contributed by atoms with Crippen LogP contribution in [0.15, 0.2) is 18.2 Å². The molecule has 0 amide bonds. The molecule has 2 rings (SSSR count). The molecule has 1 fully saturated rings. The fraction of sp³-hybridized carbons (Fsp3) is 0.417. The van der Waals surface area contributed by atoms with Gasteiger partial charge in [-0.05, 0) is 37.2 Å². The number of benzene rings is 1. The van der Waals surface area contributed by atoms with Crippen LogP contribution in [0, 0.1) is 0 Å². The lowest BCUT2D eigenvalue weighted by atomic mass is 10.2. The predicted molar refractivity (Wildman–Crippen MR) is 74.8 cm³/mol. The van der Waals surface area contributed by atoms with Crippen LogP contribution in [0.5, 0.6) is 5.75 Å². The van der Waals surface area contributed by atoms with Gasteiger partial charge in [0, 0.05) is 24.8 Å². The summed E-state index contributed by atoms with van der Waals surface area (Å²) in [4.78, 5) is 2.34. The predicted octanol–water partition coefficient (Wildman–Crippen LogP) is 1.95. The van der Waals surface area contributed by atoms with E-state index in [1.807, 2.05) is 18.2 Å². The number of nitrogens with one attached hydrogen (secondary N) is 1. The third-order valence-corrected chi connectivity index (χ3v) is 3.00. The minimum atomic E-state index is 0.265. The highest BCUT2D eigenvalue weighted by Gasteiger charge is 2.16. The molecule has 92 valence electrons. The summed E-state index contributed by atoms with van der Waals surface area (Å²) in [6.07, 6.45) is 2.49. The molecule has 4 nitrogen and oxygen atoms in total. The van der Waals surface area contributed by atoms with Crippen LogP contribution in [0.1, 0.15) is 12.8 Å². The van der Waals surface area contributed by atoms with E-state index in [9.17, 15) is 0 Å². The van der Waals surface area contributed by atoms with Gasteiger partial charge in [0.15, 0.2) is 5.11 Å². The smallest absolute Gasteiger partial charge is 0.168 e. The van der Waals surface area contributed by atoms with Gasteiger partial charge in [0.25, 0.3) is 0 Å². The number of nitrogens with two attached hydrogens (primary N) is 1. The molecular weight excluding hydrogens is 234 g/mol. The van der Waals surface area contributed by atoms with Gasteiger partial charge >= 0.3 is 0 Å². The summed E-state index contributed by atoms with van der Waals surface area (Å²) in [6.45, 7) is 2.19. The van der Waals surface area contributed by atoms with Crippen LogP contribution < -0.4 is 20.7 Å². The summed E-state index contributed by atoms with van der Waals surface area (Å²) in [5, 5.41) is 3.17. The third kappa shape index (κ3) is 2.79. The molecule has 1 aromatic carbocycles. The SMILES string of the molecule is COc1cc(NC(N)=S)ccc1N1CCCC1. The van der Waals surface area contributed by atoms with E-state index in [0.717, 1.165) is 30.2 Å². The Morgan fingerprint density at radius 1 is 1.41 bits per heavy atom. The Bertz CT molecular complexity index is 416. The van der Waals surface area contributed by atoms with Crippen molar-refractivity contribution in [3.05, 3.63) is 18.2 Å². The summed E-state index contributed by atoms with van der Waals surface area (Å²) in [7, 11) is 1.68. The Hall–Kier alpha value is -1.49. The number of hydrogen-bond acceptors (Lipinski definition) is 3. The molecule has 1 saturated heterocycles. The first-order valence-electron chi connectivity index (χ1n) is 5.70. The maximum atomic E-state index is 5.45. The van der Waals surface area contributed by atoms with Crippen LogP contribution in [0.2, 0.25) is 0 Å². The van der Waals surface area contributed by atoms with Gasteiger partial charge in [-0.25, -0.2) is 0 Å². The number of rotatable bonds is 3. The van der Waals surface area contributed by atoms with E-state index >= 15 is 0 Å². The second kappa shape index (κ2) is 5.23. The molecule has 3 N–H and O–H groups in total. The zero-order chi connectivity index (χ0) is 12.3. The molecule has 0 bridgehead atoms. The first-order valence-corrected chi connectivity index (χ1v) is 6.11. The fourth-order valence-electron chi connectivity index (χ4n) is 2.12. The lowest BCUT2D eigenvalue weighted by Crippen LogP contribution is -2.20. The van der Waals surface area contributed by atoms with Gasteiger partial charge < -0.3 is 20.7 Å². The molecule has 0 aliphatic carbocycles. The molecule has 1 aromatic rings. The van der Waals surface area contributed by atoms with Crippen molar-refractivity contribution in [1.29, 1.82) is 0 Å². The number of thiocarbonyl (C=S) groups is 1. The molecule has 5 heteroatoms. The van der Waals surface area contributed by atoms with Crippen molar-refractivity contribution in [3.63, 3.8) is 0 Å². The molecule has 0 aromatic heterocycles.